The molecule has 0 aliphatic heterocycles. The van der Waals surface area contributed by atoms with Crippen LogP contribution in [0.2, 0.25) is 0 Å². The van der Waals surface area contributed by atoms with Crippen molar-refractivity contribution in [1.82, 2.24) is 5.43 Å². The van der Waals surface area contributed by atoms with E-state index >= 15 is 0 Å². The Hall–Kier alpha value is -1.66. The van der Waals surface area contributed by atoms with Gasteiger partial charge in [0.05, 0.1) is 0 Å². The van der Waals surface area contributed by atoms with Crippen LogP contribution in [0.25, 0.3) is 0 Å². The second-order valence-corrected chi connectivity index (χ2v) is 2.04. The van der Waals surface area contributed by atoms with Crippen LogP contribution >= 0.6 is 0 Å². The fourth-order valence-electron chi connectivity index (χ4n) is 0.558. The van der Waals surface area contributed by atoms with Crippen molar-refractivity contribution < 1.29 is 19.7 Å². The average molecular weight is 176 g/mol. The first-order valence-corrected chi connectivity index (χ1v) is 3.18. The highest BCUT2D eigenvalue weighted by molar-refractivity contribution is 5.75. The van der Waals surface area contributed by atoms with Crippen molar-refractivity contribution >= 4 is 11.9 Å². The maximum absolute atomic E-state index is 10.5. The zero-order valence-electron chi connectivity index (χ0n) is 6.15. The highest BCUT2D eigenvalue weighted by Gasteiger charge is 2.07. The zero-order chi connectivity index (χ0) is 9.56. The minimum Gasteiger partial charge on any atom is -0.481 e. The number of carboxylic acid groups (broad SMARTS) is 1. The van der Waals surface area contributed by atoms with Crippen molar-refractivity contribution in [1.29, 1.82) is 0 Å². The van der Waals surface area contributed by atoms with Gasteiger partial charge in [-0.25, -0.2) is 10.1 Å². The highest BCUT2D eigenvalue weighted by Crippen LogP contribution is 1.94. The van der Waals surface area contributed by atoms with E-state index in [1.807, 2.05) is 0 Å². The molecular formula is C5H8N2O5. The van der Waals surface area contributed by atoms with E-state index in [-0.39, 0.29) is 19.3 Å². The number of nitrogens with zero attached hydrogens (tertiary/aromatic N) is 1. The number of carbonyl (C=O) groups is 2. The van der Waals surface area contributed by atoms with Gasteiger partial charge in [-0.05, 0) is 6.42 Å². The number of carboxylic acids is 1. The Morgan fingerprint density at radius 3 is 2.42 bits per heavy atom. The predicted molar refractivity (Wildman–Crippen MR) is 36.6 cm³/mol. The highest BCUT2D eigenvalue weighted by atomic mass is 16.7. The first-order valence-electron chi connectivity index (χ1n) is 3.18. The fraction of sp³-hybridized carbons (Fsp3) is 0.600. The second-order valence-electron chi connectivity index (χ2n) is 2.04. The lowest BCUT2D eigenvalue weighted by atomic mass is 10.2. The van der Waals surface area contributed by atoms with Gasteiger partial charge in [0.1, 0.15) is 0 Å². The normalized spacial score (nSPS) is 9.00. The van der Waals surface area contributed by atoms with E-state index in [4.69, 9.17) is 5.11 Å². The van der Waals surface area contributed by atoms with E-state index in [1.54, 1.807) is 0 Å². The Kier molecular flexibility index (Phi) is 4.35. The van der Waals surface area contributed by atoms with Gasteiger partial charge in [-0.15, -0.1) is 0 Å². The van der Waals surface area contributed by atoms with Gasteiger partial charge in [-0.1, -0.05) is 5.43 Å². The summed E-state index contributed by atoms with van der Waals surface area (Å²) in [6.07, 6.45) is -0.201. The lowest BCUT2D eigenvalue weighted by Gasteiger charge is -1.94. The van der Waals surface area contributed by atoms with Gasteiger partial charge in [0, 0.05) is 12.8 Å². The van der Waals surface area contributed by atoms with Crippen LogP contribution in [0.3, 0.4) is 0 Å². The van der Waals surface area contributed by atoms with Crippen LogP contribution in [-0.4, -0.2) is 22.0 Å². The minimum atomic E-state index is -1.02. The molecule has 0 bridgehead atoms. The summed E-state index contributed by atoms with van der Waals surface area (Å²) >= 11 is 0. The van der Waals surface area contributed by atoms with Crippen molar-refractivity contribution in [2.45, 2.75) is 19.3 Å². The molecule has 0 fully saturated rings. The molecule has 0 atom stereocenters. The van der Waals surface area contributed by atoms with Gasteiger partial charge in [0.2, 0.25) is 0 Å². The Morgan fingerprint density at radius 1 is 1.42 bits per heavy atom. The first kappa shape index (κ1) is 10.3. The Bertz CT molecular complexity index is 202. The summed E-state index contributed by atoms with van der Waals surface area (Å²) in [4.78, 5) is 30.1. The number of rotatable bonds is 5. The molecule has 7 heteroatoms. The molecule has 0 saturated heterocycles. The third-order valence-corrected chi connectivity index (χ3v) is 1.01. The number of aliphatic carboxylic acids is 1. The molecule has 1 amide bonds. The molecule has 2 N–H and O–H groups in total. The molecule has 0 aliphatic carbocycles. The molecule has 0 aromatic heterocycles. The van der Waals surface area contributed by atoms with E-state index in [2.05, 4.69) is 0 Å². The molecule has 0 aliphatic rings. The molecule has 0 saturated carbocycles. The summed E-state index contributed by atoms with van der Waals surface area (Å²) in [5, 5.41) is 16.8. The Morgan fingerprint density at radius 2 is 2.00 bits per heavy atom. The largest absolute Gasteiger partial charge is 0.481 e. The molecule has 0 aromatic carbocycles. The standard InChI is InChI=1S/C5H8N2O5/c8-4(6-7(11)12)2-1-3-5(9)10/h1-3H2,(H,6,8)(H,9,10). The van der Waals surface area contributed by atoms with Crippen LogP contribution in [0, 0.1) is 10.1 Å². The van der Waals surface area contributed by atoms with Gasteiger partial charge in [-0.3, -0.25) is 9.59 Å². The lowest BCUT2D eigenvalue weighted by Crippen LogP contribution is -2.28. The quantitative estimate of drug-likeness (QED) is 0.435. The van der Waals surface area contributed by atoms with Crippen LogP contribution in [0.4, 0.5) is 0 Å². The van der Waals surface area contributed by atoms with Crippen molar-refractivity contribution in [3.8, 4) is 0 Å². The SMILES string of the molecule is O=C(O)CCCC(=O)N[N+](=O)[O-]. The summed E-state index contributed by atoms with van der Waals surface area (Å²) in [6.45, 7) is 0. The summed E-state index contributed by atoms with van der Waals surface area (Å²) in [5.41, 5.74) is 1.41. The van der Waals surface area contributed by atoms with Crippen molar-refractivity contribution in [2.24, 2.45) is 0 Å². The third kappa shape index (κ3) is 6.46. The molecule has 0 rings (SSSR count). The molecule has 0 radical (unpaired) electrons. The number of hydrazine groups is 1. The zero-order valence-corrected chi connectivity index (χ0v) is 6.15. The van der Waals surface area contributed by atoms with Crippen LogP contribution in [0.5, 0.6) is 0 Å². The van der Waals surface area contributed by atoms with Gasteiger partial charge >= 0.3 is 5.97 Å². The Balaban J connectivity index is 3.44. The molecule has 0 unspecified atom stereocenters. The monoisotopic (exact) mass is 176 g/mol. The first-order chi connectivity index (χ1) is 5.52. The van der Waals surface area contributed by atoms with Gasteiger partial charge in [0.25, 0.3) is 5.91 Å². The summed E-state index contributed by atoms with van der Waals surface area (Å²) in [7, 11) is 0. The second kappa shape index (κ2) is 5.05. The minimum absolute atomic E-state index is 0.106. The Labute approximate surface area is 67.5 Å². The molecule has 68 valence electrons. The van der Waals surface area contributed by atoms with E-state index in [0.29, 0.717) is 0 Å². The maximum Gasteiger partial charge on any atom is 0.303 e. The number of nitrogens with one attached hydrogen (secondary N) is 1. The summed E-state index contributed by atoms with van der Waals surface area (Å²) in [6, 6.07) is 0. The van der Waals surface area contributed by atoms with E-state index in [1.165, 1.54) is 5.43 Å². The smallest absolute Gasteiger partial charge is 0.303 e. The van der Waals surface area contributed by atoms with Gasteiger partial charge < -0.3 is 5.11 Å². The topological polar surface area (TPSA) is 110 Å². The maximum atomic E-state index is 10.5. The lowest BCUT2D eigenvalue weighted by molar-refractivity contribution is -0.530. The van der Waals surface area contributed by atoms with Crippen LogP contribution in [-0.2, 0) is 9.59 Å². The van der Waals surface area contributed by atoms with Crippen molar-refractivity contribution in [3.63, 3.8) is 0 Å². The van der Waals surface area contributed by atoms with E-state index in [0.717, 1.165) is 0 Å². The summed E-state index contributed by atoms with van der Waals surface area (Å²) in [5.74, 6) is -1.80. The number of nitro groups is 1. The molecule has 0 heterocycles. The molecule has 12 heavy (non-hydrogen) atoms. The number of amides is 1. The van der Waals surface area contributed by atoms with E-state index < -0.39 is 16.9 Å². The van der Waals surface area contributed by atoms with Crippen molar-refractivity contribution in [3.05, 3.63) is 10.1 Å². The number of carbonyl (C=O) groups excluding carboxylic acids is 1. The average Bonchev–Trinajstić information content (AvgIpc) is 1.84. The number of hydrogen-bond acceptors (Lipinski definition) is 4. The molecule has 7 nitrogen and oxygen atoms in total. The number of hydrogen-bond donors (Lipinski definition) is 2. The fourth-order valence-corrected chi connectivity index (χ4v) is 0.558. The molecule has 0 spiro atoms. The summed E-state index contributed by atoms with van der Waals surface area (Å²) < 4.78 is 0. The molecular weight excluding hydrogens is 168 g/mol. The third-order valence-electron chi connectivity index (χ3n) is 1.01. The van der Waals surface area contributed by atoms with Crippen LogP contribution < -0.4 is 5.43 Å². The predicted octanol–water partition coefficient (Wildman–Crippen LogP) is -0.451. The van der Waals surface area contributed by atoms with E-state index in [9.17, 15) is 19.7 Å². The van der Waals surface area contributed by atoms with Crippen molar-refractivity contribution in [2.75, 3.05) is 0 Å². The van der Waals surface area contributed by atoms with Crippen LogP contribution in [0.1, 0.15) is 19.3 Å². The van der Waals surface area contributed by atoms with Gasteiger partial charge in [-0.2, -0.15) is 0 Å². The van der Waals surface area contributed by atoms with Crippen LogP contribution in [0.15, 0.2) is 0 Å². The molecule has 0 aromatic rings. The van der Waals surface area contributed by atoms with Gasteiger partial charge in [0.15, 0.2) is 5.03 Å².